The molecule has 0 radical (unpaired) electrons. The molecule has 3 aromatic rings. The van der Waals surface area contributed by atoms with E-state index in [1.54, 1.807) is 6.07 Å². The quantitative estimate of drug-likeness (QED) is 0.552. The third-order valence-electron chi connectivity index (χ3n) is 6.57. The molecular weight excluding hydrogens is 418 g/mol. The molecule has 8 heteroatoms. The predicted molar refractivity (Wildman–Crippen MR) is 130 cm³/mol. The van der Waals surface area contributed by atoms with Crippen LogP contribution in [-0.2, 0) is 11.2 Å². The lowest BCUT2D eigenvalue weighted by atomic mass is 10.1. The second-order valence-corrected chi connectivity index (χ2v) is 8.72. The van der Waals surface area contributed by atoms with E-state index in [0.717, 1.165) is 73.4 Å². The molecule has 2 aromatic heterocycles. The van der Waals surface area contributed by atoms with E-state index in [-0.39, 0.29) is 5.91 Å². The Morgan fingerprint density at radius 3 is 2.85 bits per heavy atom. The highest BCUT2D eigenvalue weighted by Crippen LogP contribution is 2.29. The Hall–Kier alpha value is -3.10. The van der Waals surface area contributed by atoms with Crippen molar-refractivity contribution in [1.29, 1.82) is 0 Å². The highest BCUT2D eigenvalue weighted by Gasteiger charge is 2.24. The maximum Gasteiger partial charge on any atom is 0.274 e. The van der Waals surface area contributed by atoms with Crippen molar-refractivity contribution in [3.63, 3.8) is 0 Å². The van der Waals surface area contributed by atoms with Crippen LogP contribution in [0.3, 0.4) is 0 Å². The predicted octanol–water partition coefficient (Wildman–Crippen LogP) is 3.52. The molecule has 0 aliphatic carbocycles. The summed E-state index contributed by atoms with van der Waals surface area (Å²) in [5.74, 6) is 0.485. The number of hydrogen-bond acceptors (Lipinski definition) is 6. The van der Waals surface area contributed by atoms with Gasteiger partial charge in [-0.1, -0.05) is 6.92 Å². The number of rotatable bonds is 5. The van der Waals surface area contributed by atoms with Gasteiger partial charge in [0.05, 0.1) is 13.2 Å². The van der Waals surface area contributed by atoms with Crippen LogP contribution in [0.25, 0.3) is 10.9 Å². The number of aryl methyl sites for hydroxylation is 1. The van der Waals surface area contributed by atoms with E-state index < -0.39 is 6.23 Å². The van der Waals surface area contributed by atoms with Crippen molar-refractivity contribution in [2.75, 3.05) is 48.0 Å². The van der Waals surface area contributed by atoms with Crippen molar-refractivity contribution in [1.82, 2.24) is 9.97 Å². The zero-order valence-corrected chi connectivity index (χ0v) is 19.0. The van der Waals surface area contributed by atoms with E-state index in [1.807, 2.05) is 35.4 Å². The van der Waals surface area contributed by atoms with Crippen molar-refractivity contribution >= 4 is 34.0 Å². The lowest BCUT2D eigenvalue weighted by Crippen LogP contribution is -2.40. The number of ether oxygens (including phenoxy) is 1. The van der Waals surface area contributed by atoms with Gasteiger partial charge in [0.25, 0.3) is 5.91 Å². The van der Waals surface area contributed by atoms with Crippen LogP contribution in [0.2, 0.25) is 0 Å². The average molecular weight is 450 g/mol. The third-order valence-corrected chi connectivity index (χ3v) is 6.57. The number of aromatic nitrogens is 2. The van der Waals surface area contributed by atoms with Crippen LogP contribution >= 0.6 is 0 Å². The lowest BCUT2D eigenvalue weighted by molar-refractivity contribution is 0.102. The summed E-state index contributed by atoms with van der Waals surface area (Å²) < 4.78 is 5.49. The van der Waals surface area contributed by atoms with Crippen LogP contribution in [-0.4, -0.2) is 60.1 Å². The molecule has 0 spiro atoms. The molecule has 4 heterocycles. The Bertz CT molecular complexity index is 1140. The second kappa shape index (κ2) is 9.41. The summed E-state index contributed by atoms with van der Waals surface area (Å²) in [6.07, 6.45) is 5.14. The third kappa shape index (κ3) is 4.54. The molecule has 1 aromatic carbocycles. The van der Waals surface area contributed by atoms with Crippen molar-refractivity contribution in [3.05, 3.63) is 47.8 Å². The number of carbonyl (C=O) groups excluding carboxylic acids is 1. The van der Waals surface area contributed by atoms with Gasteiger partial charge >= 0.3 is 0 Å². The molecule has 1 unspecified atom stereocenters. The number of morpholine rings is 1. The Balaban J connectivity index is 1.46. The van der Waals surface area contributed by atoms with E-state index in [1.165, 1.54) is 5.56 Å². The molecule has 3 N–H and O–H groups in total. The summed E-state index contributed by atoms with van der Waals surface area (Å²) in [5, 5.41) is 14.7. The van der Waals surface area contributed by atoms with Gasteiger partial charge in [-0.2, -0.15) is 0 Å². The molecular formula is C25H31N5O3. The molecule has 1 atom stereocenters. The van der Waals surface area contributed by atoms with E-state index in [4.69, 9.17) is 9.72 Å². The minimum atomic E-state index is -0.543. The topological polar surface area (TPSA) is 93.7 Å². The zero-order chi connectivity index (χ0) is 22.8. The average Bonchev–Trinajstić information content (AvgIpc) is 3.27. The van der Waals surface area contributed by atoms with Crippen LogP contribution in [0.1, 0.15) is 42.2 Å². The van der Waals surface area contributed by atoms with Gasteiger partial charge in [-0.15, -0.1) is 0 Å². The van der Waals surface area contributed by atoms with Gasteiger partial charge in [-0.3, -0.25) is 4.79 Å². The number of carbonyl (C=O) groups is 1. The second-order valence-electron chi connectivity index (χ2n) is 8.72. The largest absolute Gasteiger partial charge is 0.378 e. The Morgan fingerprint density at radius 2 is 2.06 bits per heavy atom. The molecule has 5 rings (SSSR count). The standard InChI is InChI=1S/C25H31N5O3/c1-2-17-16-26-21-7-6-18(13-20(17)21)27-25(32)22-14-19(30-8-4-3-5-24(30)31)15-23(28-22)29-9-11-33-12-10-29/h6-7,13-16,24,26,31H,2-5,8-12H2,1H3,(H,27,32). The van der Waals surface area contributed by atoms with Crippen LogP contribution in [0.4, 0.5) is 17.2 Å². The zero-order valence-electron chi connectivity index (χ0n) is 19.0. The number of fused-ring (bicyclic) bond motifs is 1. The van der Waals surface area contributed by atoms with Crippen LogP contribution in [0.15, 0.2) is 36.5 Å². The Kier molecular flexibility index (Phi) is 6.20. The maximum absolute atomic E-state index is 13.3. The van der Waals surface area contributed by atoms with E-state index in [0.29, 0.717) is 18.9 Å². The van der Waals surface area contributed by atoms with Crippen molar-refractivity contribution < 1.29 is 14.6 Å². The fourth-order valence-electron chi connectivity index (χ4n) is 4.70. The number of nitrogens with one attached hydrogen (secondary N) is 2. The minimum Gasteiger partial charge on any atom is -0.378 e. The van der Waals surface area contributed by atoms with E-state index in [2.05, 4.69) is 22.1 Å². The summed E-state index contributed by atoms with van der Waals surface area (Å²) in [7, 11) is 0. The van der Waals surface area contributed by atoms with Crippen LogP contribution in [0.5, 0.6) is 0 Å². The monoisotopic (exact) mass is 449 g/mol. The van der Waals surface area contributed by atoms with Gasteiger partial charge in [-0.05, 0) is 55.5 Å². The van der Waals surface area contributed by atoms with Crippen molar-refractivity contribution in [3.8, 4) is 0 Å². The van der Waals surface area contributed by atoms with Crippen molar-refractivity contribution in [2.45, 2.75) is 38.8 Å². The number of amides is 1. The van der Waals surface area contributed by atoms with E-state index >= 15 is 0 Å². The number of H-pyrrole nitrogens is 1. The van der Waals surface area contributed by atoms with Crippen LogP contribution in [0, 0.1) is 0 Å². The highest BCUT2D eigenvalue weighted by molar-refractivity contribution is 6.04. The number of hydrogen-bond donors (Lipinski definition) is 3. The number of aliphatic hydroxyl groups is 1. The summed E-state index contributed by atoms with van der Waals surface area (Å²) in [5.41, 5.74) is 4.18. The molecule has 0 saturated carbocycles. The molecule has 0 bridgehead atoms. The first-order valence-corrected chi connectivity index (χ1v) is 11.8. The number of aromatic amines is 1. The summed E-state index contributed by atoms with van der Waals surface area (Å²) in [4.78, 5) is 25.4. The van der Waals surface area contributed by atoms with Gasteiger partial charge < -0.3 is 29.9 Å². The number of anilines is 3. The molecule has 2 aliphatic rings. The Labute approximate surface area is 193 Å². The van der Waals surface area contributed by atoms with Crippen LogP contribution < -0.4 is 15.1 Å². The van der Waals surface area contributed by atoms with Gasteiger partial charge in [0, 0.05) is 54.2 Å². The van der Waals surface area contributed by atoms with E-state index in [9.17, 15) is 9.90 Å². The normalized spacial score (nSPS) is 19.2. The minimum absolute atomic E-state index is 0.259. The summed E-state index contributed by atoms with van der Waals surface area (Å²) in [6.45, 7) is 5.60. The Morgan fingerprint density at radius 1 is 1.21 bits per heavy atom. The van der Waals surface area contributed by atoms with Gasteiger partial charge in [-0.25, -0.2) is 4.98 Å². The molecule has 2 aliphatic heterocycles. The van der Waals surface area contributed by atoms with Crippen molar-refractivity contribution in [2.24, 2.45) is 0 Å². The number of aliphatic hydroxyl groups excluding tert-OH is 1. The first kappa shape index (κ1) is 21.7. The van der Waals surface area contributed by atoms with Gasteiger partial charge in [0.1, 0.15) is 17.7 Å². The fraction of sp³-hybridized carbons (Fsp3) is 0.440. The molecule has 2 saturated heterocycles. The molecule has 1 amide bonds. The van der Waals surface area contributed by atoms with Gasteiger partial charge in [0.2, 0.25) is 0 Å². The molecule has 33 heavy (non-hydrogen) atoms. The molecule has 2 fully saturated rings. The summed E-state index contributed by atoms with van der Waals surface area (Å²) >= 11 is 0. The summed E-state index contributed by atoms with van der Waals surface area (Å²) in [6, 6.07) is 9.66. The lowest BCUT2D eigenvalue weighted by Gasteiger charge is -2.35. The number of pyridine rings is 1. The number of piperidine rings is 1. The van der Waals surface area contributed by atoms with Gasteiger partial charge in [0.15, 0.2) is 0 Å². The maximum atomic E-state index is 13.3. The highest BCUT2D eigenvalue weighted by atomic mass is 16.5. The molecule has 8 nitrogen and oxygen atoms in total. The first-order valence-electron chi connectivity index (χ1n) is 11.8. The number of nitrogens with zero attached hydrogens (tertiary/aromatic N) is 3. The first-order chi connectivity index (χ1) is 16.1. The molecule has 174 valence electrons. The fourth-order valence-corrected chi connectivity index (χ4v) is 4.70. The smallest absolute Gasteiger partial charge is 0.274 e. The number of benzene rings is 1. The SMILES string of the molecule is CCc1c[nH]c2ccc(NC(=O)c3cc(N4CCCCC4O)cc(N4CCOCC4)n3)cc12.